The van der Waals surface area contributed by atoms with Crippen molar-refractivity contribution in [3.8, 4) is 0 Å². The molecule has 0 spiro atoms. The largest absolute Gasteiger partial charge is 0.461 e. The van der Waals surface area contributed by atoms with Crippen molar-refractivity contribution >= 4 is 11.8 Å². The Morgan fingerprint density at radius 3 is 2.80 bits per heavy atom. The number of aromatic nitrogens is 2. The van der Waals surface area contributed by atoms with Gasteiger partial charge in [0.1, 0.15) is 24.1 Å². The van der Waals surface area contributed by atoms with Gasteiger partial charge in [0.15, 0.2) is 11.9 Å². The summed E-state index contributed by atoms with van der Waals surface area (Å²) in [7, 11) is 0. The molecule has 9 nitrogen and oxygen atoms in total. The van der Waals surface area contributed by atoms with Crippen molar-refractivity contribution < 1.29 is 29.6 Å². The molecular weight excluding hydrogens is 270 g/mol. The highest BCUT2D eigenvalue weighted by Crippen LogP contribution is 2.31. The van der Waals surface area contributed by atoms with E-state index >= 15 is 0 Å². The zero-order valence-electron chi connectivity index (χ0n) is 10.8. The Kier molecular flexibility index (Phi) is 4.23. The number of aliphatic hydroxyl groups is 3. The normalized spacial score (nSPS) is 29.6. The SMILES string of the molecule is CCOC(=O)c1ncn([C@@H]2O[C@@H](CO)[C@@H](O)[C@H]2O)c1N. The zero-order chi connectivity index (χ0) is 14.9. The van der Waals surface area contributed by atoms with Crippen LogP contribution in [0.15, 0.2) is 6.33 Å². The number of anilines is 1. The summed E-state index contributed by atoms with van der Waals surface area (Å²) in [6, 6.07) is 0. The van der Waals surface area contributed by atoms with E-state index in [0.29, 0.717) is 0 Å². The number of rotatable bonds is 4. The number of nitrogens with two attached hydrogens (primary N) is 1. The van der Waals surface area contributed by atoms with Gasteiger partial charge in [-0.2, -0.15) is 0 Å². The fraction of sp³-hybridized carbons (Fsp3) is 0.636. The summed E-state index contributed by atoms with van der Waals surface area (Å²) in [6.45, 7) is 1.38. The lowest BCUT2D eigenvalue weighted by molar-refractivity contribution is -0.0518. The summed E-state index contributed by atoms with van der Waals surface area (Å²) >= 11 is 0. The van der Waals surface area contributed by atoms with Gasteiger partial charge in [-0.25, -0.2) is 9.78 Å². The second-order valence-corrected chi connectivity index (χ2v) is 4.34. The van der Waals surface area contributed by atoms with Gasteiger partial charge >= 0.3 is 5.97 Å². The molecule has 1 aliphatic rings. The Bertz CT molecular complexity index is 491. The van der Waals surface area contributed by atoms with E-state index in [0.717, 1.165) is 0 Å². The van der Waals surface area contributed by atoms with Gasteiger partial charge in [0.05, 0.1) is 19.5 Å². The van der Waals surface area contributed by atoms with E-state index in [4.69, 9.17) is 20.3 Å². The van der Waals surface area contributed by atoms with Crippen molar-refractivity contribution in [2.45, 2.75) is 31.5 Å². The average molecular weight is 287 g/mol. The van der Waals surface area contributed by atoms with Gasteiger partial charge in [-0.1, -0.05) is 0 Å². The van der Waals surface area contributed by atoms with E-state index in [9.17, 15) is 15.0 Å². The predicted octanol–water partition coefficient (Wildman–Crippen LogP) is -1.75. The van der Waals surface area contributed by atoms with Crippen LogP contribution < -0.4 is 5.73 Å². The number of nitrogens with zero attached hydrogens (tertiary/aromatic N) is 2. The highest BCUT2D eigenvalue weighted by Gasteiger charge is 2.44. The van der Waals surface area contributed by atoms with Crippen LogP contribution in [0, 0.1) is 0 Å². The van der Waals surface area contributed by atoms with E-state index in [-0.39, 0.29) is 18.1 Å². The van der Waals surface area contributed by atoms with Gasteiger partial charge in [0.2, 0.25) is 0 Å². The maximum Gasteiger partial charge on any atom is 0.360 e. The first-order valence-electron chi connectivity index (χ1n) is 6.13. The quantitative estimate of drug-likeness (QED) is 0.478. The molecular formula is C11H17N3O6. The van der Waals surface area contributed by atoms with Crippen molar-refractivity contribution in [1.82, 2.24) is 9.55 Å². The van der Waals surface area contributed by atoms with Crippen LogP contribution in [0.1, 0.15) is 23.6 Å². The highest BCUT2D eigenvalue weighted by atomic mass is 16.6. The molecule has 2 rings (SSSR count). The fourth-order valence-corrected chi connectivity index (χ4v) is 2.04. The summed E-state index contributed by atoms with van der Waals surface area (Å²) in [5, 5.41) is 28.6. The molecule has 1 aromatic rings. The Hall–Kier alpha value is -1.68. The van der Waals surface area contributed by atoms with Crippen LogP contribution >= 0.6 is 0 Å². The first kappa shape index (κ1) is 14.7. The van der Waals surface area contributed by atoms with Crippen molar-refractivity contribution in [2.24, 2.45) is 0 Å². The van der Waals surface area contributed by atoms with E-state index in [2.05, 4.69) is 4.98 Å². The molecule has 9 heteroatoms. The second-order valence-electron chi connectivity index (χ2n) is 4.34. The van der Waals surface area contributed by atoms with Crippen LogP contribution in [-0.2, 0) is 9.47 Å². The maximum atomic E-state index is 11.6. The van der Waals surface area contributed by atoms with Crippen LogP contribution in [0.4, 0.5) is 5.82 Å². The number of nitrogen functional groups attached to an aromatic ring is 1. The number of carbonyl (C=O) groups excluding carboxylic acids is 1. The smallest absolute Gasteiger partial charge is 0.360 e. The summed E-state index contributed by atoms with van der Waals surface area (Å²) < 4.78 is 11.3. The molecule has 2 heterocycles. The van der Waals surface area contributed by atoms with Gasteiger partial charge in [-0.15, -0.1) is 0 Å². The summed E-state index contributed by atoms with van der Waals surface area (Å²) in [4.78, 5) is 15.4. The average Bonchev–Trinajstić information content (AvgIpc) is 2.93. The number of hydrogen-bond donors (Lipinski definition) is 4. The molecule has 112 valence electrons. The van der Waals surface area contributed by atoms with Crippen LogP contribution in [-0.4, -0.2) is 62.4 Å². The second kappa shape index (κ2) is 5.75. The first-order valence-corrected chi connectivity index (χ1v) is 6.13. The molecule has 1 saturated heterocycles. The molecule has 1 fully saturated rings. The number of imidazole rings is 1. The minimum atomic E-state index is -1.29. The van der Waals surface area contributed by atoms with E-state index in [1.165, 1.54) is 10.9 Å². The molecule has 0 aromatic carbocycles. The van der Waals surface area contributed by atoms with Crippen molar-refractivity contribution in [1.29, 1.82) is 0 Å². The molecule has 5 N–H and O–H groups in total. The lowest BCUT2D eigenvalue weighted by Crippen LogP contribution is -2.33. The number of esters is 1. The molecule has 0 unspecified atom stereocenters. The minimum absolute atomic E-state index is 0.0433. The lowest BCUT2D eigenvalue weighted by Gasteiger charge is -2.17. The number of ether oxygens (including phenoxy) is 2. The third kappa shape index (κ3) is 2.36. The highest BCUT2D eigenvalue weighted by molar-refractivity contribution is 5.92. The molecule has 0 saturated carbocycles. The van der Waals surface area contributed by atoms with E-state index in [1.54, 1.807) is 6.92 Å². The van der Waals surface area contributed by atoms with Gasteiger partial charge in [-0.3, -0.25) is 4.57 Å². The molecule has 0 amide bonds. The summed E-state index contributed by atoms with van der Waals surface area (Å²) in [6.07, 6.45) is -3.29. The molecule has 4 atom stereocenters. The van der Waals surface area contributed by atoms with Gasteiger partial charge in [0.25, 0.3) is 0 Å². The molecule has 0 bridgehead atoms. The monoisotopic (exact) mass is 287 g/mol. The standard InChI is InChI=1S/C11H17N3O6/c1-2-19-11(18)6-9(12)14(4-13-6)10-8(17)7(16)5(3-15)20-10/h4-5,7-8,10,15-17H,2-3,12H2,1H3/t5-,7+,8+,10+/m0/s1. The van der Waals surface area contributed by atoms with E-state index in [1.807, 2.05) is 0 Å². The maximum absolute atomic E-state index is 11.6. The molecule has 0 aliphatic carbocycles. The predicted molar refractivity (Wildman–Crippen MR) is 65.6 cm³/mol. The van der Waals surface area contributed by atoms with Gasteiger partial charge in [-0.05, 0) is 6.92 Å². The third-order valence-electron chi connectivity index (χ3n) is 3.09. The Balaban J connectivity index is 2.24. The zero-order valence-corrected chi connectivity index (χ0v) is 10.8. The number of hydrogen-bond acceptors (Lipinski definition) is 8. The van der Waals surface area contributed by atoms with Crippen molar-refractivity contribution in [2.75, 3.05) is 18.9 Å². The van der Waals surface area contributed by atoms with Crippen LogP contribution in [0.2, 0.25) is 0 Å². The van der Waals surface area contributed by atoms with E-state index < -0.39 is 37.1 Å². The van der Waals surface area contributed by atoms with Crippen molar-refractivity contribution in [3.05, 3.63) is 12.0 Å². The van der Waals surface area contributed by atoms with Gasteiger partial charge in [0, 0.05) is 0 Å². The number of aliphatic hydroxyl groups excluding tert-OH is 3. The van der Waals surface area contributed by atoms with Crippen molar-refractivity contribution in [3.63, 3.8) is 0 Å². The Morgan fingerprint density at radius 1 is 1.55 bits per heavy atom. The molecule has 20 heavy (non-hydrogen) atoms. The summed E-state index contributed by atoms with van der Waals surface area (Å²) in [5.74, 6) is -0.728. The molecule has 1 aliphatic heterocycles. The van der Waals surface area contributed by atoms with Gasteiger partial charge < -0.3 is 30.5 Å². The Morgan fingerprint density at radius 2 is 2.25 bits per heavy atom. The Labute approximate surface area is 114 Å². The molecule has 0 radical (unpaired) electrons. The van der Waals surface area contributed by atoms with Crippen LogP contribution in [0.25, 0.3) is 0 Å². The topological polar surface area (TPSA) is 140 Å². The first-order chi connectivity index (χ1) is 9.51. The molecule has 1 aromatic heterocycles. The fourth-order valence-electron chi connectivity index (χ4n) is 2.04. The van der Waals surface area contributed by atoms with Crippen LogP contribution in [0.5, 0.6) is 0 Å². The summed E-state index contributed by atoms with van der Waals surface area (Å²) in [5.41, 5.74) is 5.68. The number of carbonyl (C=O) groups is 1. The lowest BCUT2D eigenvalue weighted by atomic mass is 10.1. The third-order valence-corrected chi connectivity index (χ3v) is 3.09. The minimum Gasteiger partial charge on any atom is -0.461 e. The van der Waals surface area contributed by atoms with Crippen LogP contribution in [0.3, 0.4) is 0 Å².